The fourth-order valence-electron chi connectivity index (χ4n) is 1.76. The van der Waals surface area contributed by atoms with Crippen LogP contribution in [0.1, 0.15) is 20.3 Å². The SMILES string of the molecule is CCCN(c1ccccc1N)S(=O)(=O)CC(=O)OCC. The van der Waals surface area contributed by atoms with Crippen LogP contribution in [0.4, 0.5) is 11.4 Å². The molecule has 0 spiro atoms. The Hall–Kier alpha value is -1.76. The number of esters is 1. The third-order valence-corrected chi connectivity index (χ3v) is 4.22. The lowest BCUT2D eigenvalue weighted by Crippen LogP contribution is -2.37. The van der Waals surface area contributed by atoms with Crippen LogP contribution < -0.4 is 10.0 Å². The molecule has 0 aliphatic heterocycles. The van der Waals surface area contributed by atoms with E-state index >= 15 is 0 Å². The quantitative estimate of drug-likeness (QED) is 0.607. The number of hydrogen-bond acceptors (Lipinski definition) is 5. The summed E-state index contributed by atoms with van der Waals surface area (Å²) in [7, 11) is -3.80. The van der Waals surface area contributed by atoms with Crippen LogP contribution in [0.15, 0.2) is 24.3 Å². The van der Waals surface area contributed by atoms with E-state index in [1.54, 1.807) is 31.2 Å². The highest BCUT2D eigenvalue weighted by molar-refractivity contribution is 7.93. The van der Waals surface area contributed by atoms with Gasteiger partial charge in [0, 0.05) is 6.54 Å². The van der Waals surface area contributed by atoms with Gasteiger partial charge in [-0.15, -0.1) is 0 Å². The van der Waals surface area contributed by atoms with Crippen molar-refractivity contribution < 1.29 is 17.9 Å². The summed E-state index contributed by atoms with van der Waals surface area (Å²) in [5.41, 5.74) is 6.56. The molecule has 112 valence electrons. The lowest BCUT2D eigenvalue weighted by atomic mass is 10.2. The van der Waals surface area contributed by atoms with Crippen molar-refractivity contribution in [1.29, 1.82) is 0 Å². The monoisotopic (exact) mass is 300 g/mol. The summed E-state index contributed by atoms with van der Waals surface area (Å²) in [4.78, 5) is 11.4. The molecule has 0 heterocycles. The molecular weight excluding hydrogens is 280 g/mol. The van der Waals surface area contributed by atoms with Crippen LogP contribution >= 0.6 is 0 Å². The van der Waals surface area contributed by atoms with Crippen molar-refractivity contribution in [3.05, 3.63) is 24.3 Å². The van der Waals surface area contributed by atoms with E-state index in [0.717, 1.165) is 0 Å². The van der Waals surface area contributed by atoms with Gasteiger partial charge in [-0.05, 0) is 25.5 Å². The number of benzene rings is 1. The van der Waals surface area contributed by atoms with Gasteiger partial charge in [-0.1, -0.05) is 19.1 Å². The van der Waals surface area contributed by atoms with Gasteiger partial charge in [-0.3, -0.25) is 9.10 Å². The summed E-state index contributed by atoms with van der Waals surface area (Å²) >= 11 is 0. The topological polar surface area (TPSA) is 89.7 Å². The summed E-state index contributed by atoms with van der Waals surface area (Å²) in [5.74, 6) is -1.45. The molecule has 0 bridgehead atoms. The minimum atomic E-state index is -3.80. The average molecular weight is 300 g/mol. The smallest absolute Gasteiger partial charge is 0.323 e. The first kappa shape index (κ1) is 16.3. The van der Waals surface area contributed by atoms with Crippen LogP contribution in [0, 0.1) is 0 Å². The van der Waals surface area contributed by atoms with Crippen LogP contribution in [-0.2, 0) is 19.6 Å². The number of carbonyl (C=O) groups is 1. The number of nitrogens with two attached hydrogens (primary N) is 1. The molecule has 1 aromatic rings. The van der Waals surface area contributed by atoms with Crippen molar-refractivity contribution >= 4 is 27.4 Å². The van der Waals surface area contributed by atoms with Gasteiger partial charge in [0.05, 0.1) is 18.0 Å². The number of ether oxygens (including phenoxy) is 1. The first-order valence-electron chi connectivity index (χ1n) is 6.43. The molecule has 0 aliphatic carbocycles. The molecule has 20 heavy (non-hydrogen) atoms. The second-order valence-electron chi connectivity index (χ2n) is 4.19. The zero-order valence-electron chi connectivity index (χ0n) is 11.7. The van der Waals surface area contributed by atoms with E-state index in [1.165, 1.54) is 4.31 Å². The molecule has 7 heteroatoms. The van der Waals surface area contributed by atoms with E-state index < -0.39 is 21.7 Å². The predicted molar refractivity (Wildman–Crippen MR) is 78.9 cm³/mol. The summed E-state index contributed by atoms with van der Waals surface area (Å²) in [6.07, 6.45) is 0.608. The summed E-state index contributed by atoms with van der Waals surface area (Å²) < 4.78 is 30.5. The van der Waals surface area contributed by atoms with E-state index in [4.69, 9.17) is 10.5 Å². The molecule has 6 nitrogen and oxygen atoms in total. The van der Waals surface area contributed by atoms with Crippen LogP contribution in [0.5, 0.6) is 0 Å². The molecule has 0 atom stereocenters. The van der Waals surface area contributed by atoms with Gasteiger partial charge < -0.3 is 10.5 Å². The largest absolute Gasteiger partial charge is 0.465 e. The number of para-hydroxylation sites is 2. The minimum absolute atomic E-state index is 0.148. The first-order valence-corrected chi connectivity index (χ1v) is 8.03. The van der Waals surface area contributed by atoms with Crippen LogP contribution in [0.2, 0.25) is 0 Å². The summed E-state index contributed by atoms with van der Waals surface area (Å²) in [6.45, 7) is 3.89. The number of rotatable bonds is 7. The highest BCUT2D eigenvalue weighted by atomic mass is 32.2. The second kappa shape index (κ2) is 7.14. The van der Waals surface area contributed by atoms with Crippen molar-refractivity contribution in [1.82, 2.24) is 0 Å². The van der Waals surface area contributed by atoms with E-state index in [1.807, 2.05) is 6.92 Å². The normalized spacial score (nSPS) is 11.1. The van der Waals surface area contributed by atoms with E-state index in [2.05, 4.69) is 0 Å². The Kier molecular flexibility index (Phi) is 5.82. The Morgan fingerprint density at radius 2 is 1.95 bits per heavy atom. The Morgan fingerprint density at radius 3 is 2.50 bits per heavy atom. The summed E-state index contributed by atoms with van der Waals surface area (Å²) in [6, 6.07) is 6.67. The molecule has 2 N–H and O–H groups in total. The van der Waals surface area contributed by atoms with Crippen molar-refractivity contribution in [2.45, 2.75) is 20.3 Å². The number of anilines is 2. The van der Waals surface area contributed by atoms with Gasteiger partial charge in [0.1, 0.15) is 0 Å². The Morgan fingerprint density at radius 1 is 1.30 bits per heavy atom. The van der Waals surface area contributed by atoms with Gasteiger partial charge >= 0.3 is 5.97 Å². The summed E-state index contributed by atoms with van der Waals surface area (Å²) in [5, 5.41) is 0. The maximum Gasteiger partial charge on any atom is 0.323 e. The van der Waals surface area contributed by atoms with Crippen molar-refractivity contribution in [2.24, 2.45) is 0 Å². The van der Waals surface area contributed by atoms with Gasteiger partial charge in [0.25, 0.3) is 0 Å². The molecule has 0 radical (unpaired) electrons. The standard InChI is InChI=1S/C13H20N2O4S/c1-3-9-15(12-8-6-5-7-11(12)14)20(17,18)10-13(16)19-4-2/h5-8H,3-4,9-10,14H2,1-2H3. The average Bonchev–Trinajstić information content (AvgIpc) is 2.36. The highest BCUT2D eigenvalue weighted by Gasteiger charge is 2.27. The van der Waals surface area contributed by atoms with Crippen LogP contribution in [0.3, 0.4) is 0 Å². The number of nitrogen functional groups attached to an aromatic ring is 1. The predicted octanol–water partition coefficient (Wildman–Crippen LogP) is 1.38. The van der Waals surface area contributed by atoms with Crippen LogP contribution in [0.25, 0.3) is 0 Å². The second-order valence-corrected chi connectivity index (χ2v) is 6.09. The maximum absolute atomic E-state index is 12.3. The van der Waals surface area contributed by atoms with Crippen LogP contribution in [-0.4, -0.2) is 33.3 Å². The molecule has 0 amide bonds. The number of carbonyl (C=O) groups excluding carboxylic acids is 1. The molecular formula is C13H20N2O4S. The number of nitrogens with zero attached hydrogens (tertiary/aromatic N) is 1. The van der Waals surface area contributed by atoms with E-state index in [9.17, 15) is 13.2 Å². The number of hydrogen-bond donors (Lipinski definition) is 1. The van der Waals surface area contributed by atoms with Gasteiger partial charge in [0.15, 0.2) is 5.75 Å². The van der Waals surface area contributed by atoms with Gasteiger partial charge in [-0.2, -0.15) is 0 Å². The maximum atomic E-state index is 12.3. The molecule has 0 fully saturated rings. The lowest BCUT2D eigenvalue weighted by molar-refractivity contribution is -0.139. The Labute approximate surface area is 119 Å². The lowest BCUT2D eigenvalue weighted by Gasteiger charge is -2.24. The molecule has 0 saturated heterocycles. The fraction of sp³-hybridized carbons (Fsp3) is 0.462. The van der Waals surface area contributed by atoms with Gasteiger partial charge in [-0.25, -0.2) is 8.42 Å². The third-order valence-electron chi connectivity index (χ3n) is 2.57. The molecule has 0 aromatic heterocycles. The zero-order chi connectivity index (χ0) is 15.2. The van der Waals surface area contributed by atoms with E-state index in [-0.39, 0.29) is 13.2 Å². The van der Waals surface area contributed by atoms with Crippen molar-refractivity contribution in [2.75, 3.05) is 28.9 Å². The first-order chi connectivity index (χ1) is 9.42. The van der Waals surface area contributed by atoms with E-state index in [0.29, 0.717) is 17.8 Å². The minimum Gasteiger partial charge on any atom is -0.465 e. The molecule has 0 unspecified atom stereocenters. The molecule has 1 rings (SSSR count). The van der Waals surface area contributed by atoms with Crippen molar-refractivity contribution in [3.8, 4) is 0 Å². The number of sulfonamides is 1. The Balaban J connectivity index is 3.07. The third kappa shape index (κ3) is 4.12. The Bertz CT molecular complexity index is 557. The zero-order valence-corrected chi connectivity index (χ0v) is 12.5. The fourth-order valence-corrected chi connectivity index (χ4v) is 3.22. The van der Waals surface area contributed by atoms with Crippen molar-refractivity contribution in [3.63, 3.8) is 0 Å². The molecule has 0 aliphatic rings. The highest BCUT2D eigenvalue weighted by Crippen LogP contribution is 2.25. The molecule has 0 saturated carbocycles. The molecule has 1 aromatic carbocycles. The van der Waals surface area contributed by atoms with Gasteiger partial charge in [0.2, 0.25) is 10.0 Å².